The predicted octanol–water partition coefficient (Wildman–Crippen LogP) is 8.90. The van der Waals surface area contributed by atoms with E-state index in [0.29, 0.717) is 28.4 Å². The molecular formula is C29H28ClFN4OS. The first kappa shape index (κ1) is 25.4. The van der Waals surface area contributed by atoms with Crippen LogP contribution in [0.3, 0.4) is 0 Å². The van der Waals surface area contributed by atoms with Gasteiger partial charge in [0.1, 0.15) is 5.75 Å². The van der Waals surface area contributed by atoms with Gasteiger partial charge >= 0.3 is 0 Å². The van der Waals surface area contributed by atoms with Gasteiger partial charge in [-0.25, -0.2) is 14.4 Å². The molecule has 0 amide bonds. The first-order chi connectivity index (χ1) is 18.0. The molecular weight excluding hydrogens is 507 g/mol. The van der Waals surface area contributed by atoms with Crippen molar-refractivity contribution in [1.82, 2.24) is 9.97 Å². The zero-order valence-corrected chi connectivity index (χ0v) is 22.1. The zero-order chi connectivity index (χ0) is 25.6. The number of nitrogens with one attached hydrogen (secondary N) is 2. The van der Waals surface area contributed by atoms with E-state index in [1.807, 2.05) is 55.5 Å². The second kappa shape index (κ2) is 11.8. The van der Waals surface area contributed by atoms with Crippen molar-refractivity contribution in [2.75, 3.05) is 10.0 Å². The molecule has 5 nitrogen and oxygen atoms in total. The Hall–Kier alpha value is -3.29. The van der Waals surface area contributed by atoms with Crippen LogP contribution in [0.4, 0.5) is 16.0 Å². The standard InChI is InChI=1S/C29H28ClFN4OS/c1-19-11-13-26(22(17-19)25-15-16-32-29(34-25)33-20-7-3-2-4-8-20)36-27-14-12-21(18-24(27)31)35-37-28-10-6-5-9-23(28)30/h5-6,9-18,20,35H,2-4,7-8H2,1H3,(H,32,33,34). The van der Waals surface area contributed by atoms with Gasteiger partial charge in [0.2, 0.25) is 5.95 Å². The quantitative estimate of drug-likeness (QED) is 0.220. The highest BCUT2D eigenvalue weighted by Crippen LogP contribution is 2.36. The van der Waals surface area contributed by atoms with Crippen LogP contribution in [0.15, 0.2) is 77.8 Å². The first-order valence-corrected chi connectivity index (χ1v) is 13.6. The number of ether oxygens (including phenoxy) is 1. The molecule has 5 rings (SSSR count). The number of nitrogens with zero attached hydrogens (tertiary/aromatic N) is 2. The fraction of sp³-hybridized carbons (Fsp3) is 0.241. The van der Waals surface area contributed by atoms with E-state index >= 15 is 4.39 Å². The van der Waals surface area contributed by atoms with E-state index in [1.54, 1.807) is 18.3 Å². The highest BCUT2D eigenvalue weighted by atomic mass is 35.5. The van der Waals surface area contributed by atoms with Crippen LogP contribution in [-0.2, 0) is 0 Å². The lowest BCUT2D eigenvalue weighted by atomic mass is 9.96. The maximum absolute atomic E-state index is 15.0. The zero-order valence-electron chi connectivity index (χ0n) is 20.5. The SMILES string of the molecule is Cc1ccc(Oc2ccc(NSc3ccccc3Cl)cc2F)c(-c2ccnc(NC3CCCCC3)n2)c1. The van der Waals surface area contributed by atoms with Crippen molar-refractivity contribution in [1.29, 1.82) is 0 Å². The number of aryl methyl sites for hydroxylation is 1. The summed E-state index contributed by atoms with van der Waals surface area (Å²) in [6, 6.07) is 20.3. The number of anilines is 2. The molecule has 3 aromatic carbocycles. The van der Waals surface area contributed by atoms with Gasteiger partial charge < -0.3 is 14.8 Å². The number of benzene rings is 3. The average Bonchev–Trinajstić information content (AvgIpc) is 2.91. The van der Waals surface area contributed by atoms with Crippen molar-refractivity contribution < 1.29 is 9.13 Å². The third-order valence-electron chi connectivity index (χ3n) is 6.27. The van der Waals surface area contributed by atoms with Crippen molar-refractivity contribution in [2.24, 2.45) is 0 Å². The van der Waals surface area contributed by atoms with Gasteiger partial charge in [-0.05, 0) is 74.2 Å². The van der Waals surface area contributed by atoms with Gasteiger partial charge in [-0.15, -0.1) is 0 Å². The Morgan fingerprint density at radius 1 is 0.973 bits per heavy atom. The highest BCUT2D eigenvalue weighted by Gasteiger charge is 2.16. The van der Waals surface area contributed by atoms with E-state index in [9.17, 15) is 0 Å². The average molecular weight is 535 g/mol. The monoisotopic (exact) mass is 534 g/mol. The number of aromatic nitrogens is 2. The third kappa shape index (κ3) is 6.53. The normalized spacial score (nSPS) is 13.8. The summed E-state index contributed by atoms with van der Waals surface area (Å²) in [7, 11) is 0. The van der Waals surface area contributed by atoms with Gasteiger partial charge in [0.25, 0.3) is 0 Å². The topological polar surface area (TPSA) is 59.1 Å². The minimum Gasteiger partial charge on any atom is -0.454 e. The summed E-state index contributed by atoms with van der Waals surface area (Å²) >= 11 is 7.53. The fourth-order valence-electron chi connectivity index (χ4n) is 4.35. The lowest BCUT2D eigenvalue weighted by molar-refractivity contribution is 0.443. The number of hydrogen-bond acceptors (Lipinski definition) is 6. The summed E-state index contributed by atoms with van der Waals surface area (Å²) in [5.41, 5.74) is 3.17. The second-order valence-electron chi connectivity index (χ2n) is 9.13. The van der Waals surface area contributed by atoms with Crippen LogP contribution in [0.2, 0.25) is 5.02 Å². The molecule has 0 unspecified atom stereocenters. The van der Waals surface area contributed by atoms with Gasteiger partial charge in [0.05, 0.1) is 10.7 Å². The lowest BCUT2D eigenvalue weighted by Gasteiger charge is -2.22. The van der Waals surface area contributed by atoms with E-state index in [4.69, 9.17) is 21.3 Å². The molecule has 8 heteroatoms. The summed E-state index contributed by atoms with van der Waals surface area (Å²) < 4.78 is 24.2. The van der Waals surface area contributed by atoms with E-state index < -0.39 is 5.82 Å². The van der Waals surface area contributed by atoms with Crippen LogP contribution in [0, 0.1) is 12.7 Å². The Bertz CT molecular complexity index is 1380. The Balaban J connectivity index is 1.34. The summed E-state index contributed by atoms with van der Waals surface area (Å²) in [5.74, 6) is 0.791. The molecule has 1 aliphatic rings. The molecule has 1 aromatic heterocycles. The molecule has 1 heterocycles. The van der Waals surface area contributed by atoms with Gasteiger partial charge in [0.15, 0.2) is 11.6 Å². The molecule has 190 valence electrons. The van der Waals surface area contributed by atoms with Crippen molar-refractivity contribution in [3.63, 3.8) is 0 Å². The second-order valence-corrected chi connectivity index (χ2v) is 10.4. The molecule has 2 N–H and O–H groups in total. The molecule has 0 saturated heterocycles. The summed E-state index contributed by atoms with van der Waals surface area (Å²) in [6.45, 7) is 2.01. The van der Waals surface area contributed by atoms with Crippen LogP contribution >= 0.6 is 23.5 Å². The minimum absolute atomic E-state index is 0.132. The molecule has 0 bridgehead atoms. The third-order valence-corrected chi connectivity index (χ3v) is 7.63. The van der Waals surface area contributed by atoms with E-state index in [2.05, 4.69) is 15.0 Å². The van der Waals surface area contributed by atoms with Crippen LogP contribution in [0.5, 0.6) is 11.5 Å². The Morgan fingerprint density at radius 2 is 1.78 bits per heavy atom. The van der Waals surface area contributed by atoms with Gasteiger partial charge in [-0.3, -0.25) is 0 Å². The Morgan fingerprint density at radius 3 is 2.59 bits per heavy atom. The van der Waals surface area contributed by atoms with Crippen molar-refractivity contribution in [3.05, 3.63) is 89.3 Å². The Labute approximate surface area is 226 Å². The molecule has 0 atom stereocenters. The maximum atomic E-state index is 15.0. The van der Waals surface area contributed by atoms with E-state index in [0.717, 1.165) is 34.6 Å². The molecule has 37 heavy (non-hydrogen) atoms. The van der Waals surface area contributed by atoms with Crippen molar-refractivity contribution in [2.45, 2.75) is 50.0 Å². The lowest BCUT2D eigenvalue weighted by Crippen LogP contribution is -2.23. The largest absolute Gasteiger partial charge is 0.454 e. The van der Waals surface area contributed by atoms with Crippen molar-refractivity contribution >= 4 is 35.2 Å². The van der Waals surface area contributed by atoms with Crippen molar-refractivity contribution in [3.8, 4) is 22.8 Å². The van der Waals surface area contributed by atoms with Gasteiger partial charge in [-0.1, -0.05) is 54.6 Å². The molecule has 0 aliphatic heterocycles. The van der Waals surface area contributed by atoms with Crippen LogP contribution in [0.25, 0.3) is 11.3 Å². The molecule has 0 spiro atoms. The molecule has 1 fully saturated rings. The minimum atomic E-state index is -0.473. The molecule has 1 aliphatic carbocycles. The molecule has 1 saturated carbocycles. The fourth-order valence-corrected chi connectivity index (χ4v) is 5.27. The van der Waals surface area contributed by atoms with Crippen LogP contribution in [-0.4, -0.2) is 16.0 Å². The number of hydrogen-bond donors (Lipinski definition) is 2. The molecule has 4 aromatic rings. The smallest absolute Gasteiger partial charge is 0.223 e. The highest BCUT2D eigenvalue weighted by molar-refractivity contribution is 8.00. The predicted molar refractivity (Wildman–Crippen MR) is 150 cm³/mol. The first-order valence-electron chi connectivity index (χ1n) is 12.4. The summed E-state index contributed by atoms with van der Waals surface area (Å²) in [6.07, 6.45) is 7.76. The molecule has 0 radical (unpaired) electrons. The maximum Gasteiger partial charge on any atom is 0.223 e. The number of halogens is 2. The van der Waals surface area contributed by atoms with Crippen LogP contribution in [0.1, 0.15) is 37.7 Å². The summed E-state index contributed by atoms with van der Waals surface area (Å²) in [4.78, 5) is 10.0. The van der Waals surface area contributed by atoms with E-state index in [1.165, 1.54) is 37.3 Å². The van der Waals surface area contributed by atoms with Gasteiger partial charge in [0, 0.05) is 34.5 Å². The van der Waals surface area contributed by atoms with E-state index in [-0.39, 0.29) is 5.75 Å². The van der Waals surface area contributed by atoms with Crippen LogP contribution < -0.4 is 14.8 Å². The number of rotatable bonds is 8. The summed E-state index contributed by atoms with van der Waals surface area (Å²) in [5, 5.41) is 4.11. The Kier molecular flexibility index (Phi) is 8.12. The van der Waals surface area contributed by atoms with Gasteiger partial charge in [-0.2, -0.15) is 0 Å².